The van der Waals surface area contributed by atoms with Crippen molar-refractivity contribution in [3.05, 3.63) is 63.0 Å². The Morgan fingerprint density at radius 1 is 1.03 bits per heavy atom. The molecule has 332 valence electrons. The van der Waals surface area contributed by atoms with Gasteiger partial charge in [0.05, 0.1) is 29.1 Å². The van der Waals surface area contributed by atoms with Crippen molar-refractivity contribution in [3.63, 3.8) is 0 Å². The first-order valence-corrected chi connectivity index (χ1v) is 21.0. The molecule has 2 amide bonds. The van der Waals surface area contributed by atoms with Gasteiger partial charge in [0.15, 0.2) is 24.1 Å². The number of fused-ring (bicyclic) bond motifs is 4. The zero-order valence-corrected chi connectivity index (χ0v) is 34.8. The fraction of sp³-hybridized carbons (Fsp3) is 0.500. The number of nitrogens with one attached hydrogen (secondary N) is 2. The number of nitrogens with zero attached hydrogens (tertiary/aromatic N) is 8. The second kappa shape index (κ2) is 15.9. The van der Waals surface area contributed by atoms with Crippen molar-refractivity contribution < 1.29 is 44.2 Å². The summed E-state index contributed by atoms with van der Waals surface area (Å²) in [6.07, 6.45) is -4.06. The lowest BCUT2D eigenvalue weighted by Crippen LogP contribution is -2.44. The third kappa shape index (κ3) is 7.51. The number of benzene rings is 2. The van der Waals surface area contributed by atoms with Gasteiger partial charge in [-0.2, -0.15) is 10.1 Å². The van der Waals surface area contributed by atoms with Crippen LogP contribution in [0, 0.1) is 23.4 Å². The number of likely N-dealkylation sites (tertiary alicyclic amines) is 1. The molecule has 2 N–H and O–H groups in total. The standard InChI is InChI=1S/C44H47ClF4N10O4/c1-55-32-19-30(46)31(18-28(32)36-38(42(55)62)63-22-44(48,49)39(52-36)25-6-7-25)51-40-29(45)20-50-43(53-40)58-16-10-23(11-17-58)21-57-14-12-24(13-15-57)26-8-9-27-37(35(26)47)56(2)54-41(27)59-33(60)4-3-5-34(59)61/h8-9,18-20,23-25,39,52H,3-7,10-17,21-22H2,1-2H3,(H,50,51,53)/t39-/m0/s1/i10D2,11D2,16D2,17D2,23D. The number of carbonyl (C=O) groups excluding carboxylic acids is 2. The van der Waals surface area contributed by atoms with E-state index in [2.05, 4.69) is 25.7 Å². The number of piperidine rings is 3. The molecule has 5 aliphatic rings. The van der Waals surface area contributed by atoms with Gasteiger partial charge in [-0.15, -0.1) is 0 Å². The van der Waals surface area contributed by atoms with Gasteiger partial charge in [-0.05, 0) is 93.4 Å². The van der Waals surface area contributed by atoms with Crippen LogP contribution in [0.2, 0.25) is 5.02 Å². The number of imide groups is 1. The molecular formula is C44H47ClF4N10O4. The molecule has 7 heterocycles. The summed E-state index contributed by atoms with van der Waals surface area (Å²) in [5.74, 6) is -11.7. The molecule has 2 aromatic carbocycles. The predicted molar refractivity (Wildman–Crippen MR) is 230 cm³/mol. The number of hydrogen-bond donors (Lipinski definition) is 2. The molecule has 1 atom stereocenters. The molecule has 1 saturated carbocycles. The smallest absolute Gasteiger partial charge is 0.301 e. The van der Waals surface area contributed by atoms with Gasteiger partial charge >= 0.3 is 5.92 Å². The fourth-order valence-corrected chi connectivity index (χ4v) is 9.04. The van der Waals surface area contributed by atoms with Crippen molar-refractivity contribution in [1.82, 2.24) is 29.2 Å². The lowest BCUT2D eigenvalue weighted by Gasteiger charge is -2.38. The van der Waals surface area contributed by atoms with E-state index in [9.17, 15) is 21.2 Å². The molecule has 4 aliphatic heterocycles. The Hall–Kier alpha value is -5.49. The van der Waals surface area contributed by atoms with E-state index in [1.807, 2.05) is 0 Å². The van der Waals surface area contributed by atoms with E-state index in [0.717, 1.165) is 21.7 Å². The van der Waals surface area contributed by atoms with E-state index in [1.54, 1.807) is 12.1 Å². The molecule has 0 bridgehead atoms. The molecule has 1 aliphatic carbocycles. The molecule has 0 spiro atoms. The predicted octanol–water partition coefficient (Wildman–Crippen LogP) is 7.25. The Morgan fingerprint density at radius 2 is 1.76 bits per heavy atom. The summed E-state index contributed by atoms with van der Waals surface area (Å²) >= 11 is 6.46. The van der Waals surface area contributed by atoms with Crippen LogP contribution < -0.4 is 30.7 Å². The summed E-state index contributed by atoms with van der Waals surface area (Å²) in [6, 6.07) is 3.85. The van der Waals surface area contributed by atoms with Crippen LogP contribution in [0.4, 0.5) is 46.5 Å². The highest BCUT2D eigenvalue weighted by molar-refractivity contribution is 6.33. The Bertz CT molecular complexity index is 3130. The number of ether oxygens (including phenoxy) is 1. The molecule has 4 fully saturated rings. The van der Waals surface area contributed by atoms with Crippen LogP contribution in [-0.4, -0.2) is 92.2 Å². The van der Waals surface area contributed by atoms with Gasteiger partial charge < -0.3 is 29.7 Å². The van der Waals surface area contributed by atoms with Crippen molar-refractivity contribution in [2.75, 3.05) is 59.7 Å². The quantitative estimate of drug-likeness (QED) is 0.120. The number of rotatable bonds is 8. The minimum atomic E-state index is -3.58. The molecule has 19 heteroatoms. The minimum absolute atomic E-state index is 0.00596. The summed E-state index contributed by atoms with van der Waals surface area (Å²) < 4.78 is 153. The van der Waals surface area contributed by atoms with Gasteiger partial charge in [0.25, 0.3) is 5.56 Å². The zero-order chi connectivity index (χ0) is 52.0. The lowest BCUT2D eigenvalue weighted by atomic mass is 9.87. The number of amides is 2. The first-order valence-electron chi connectivity index (χ1n) is 25.1. The van der Waals surface area contributed by atoms with E-state index in [0.29, 0.717) is 24.8 Å². The summed E-state index contributed by atoms with van der Waals surface area (Å²) in [6.45, 7) is -8.95. The van der Waals surface area contributed by atoms with E-state index in [1.165, 1.54) is 29.7 Å². The summed E-state index contributed by atoms with van der Waals surface area (Å²) in [5.41, 5.74) is -0.958. The van der Waals surface area contributed by atoms with Gasteiger partial charge in [0.2, 0.25) is 23.5 Å². The number of aryl methyl sites for hydroxylation is 2. The van der Waals surface area contributed by atoms with Gasteiger partial charge in [-0.25, -0.2) is 27.4 Å². The van der Waals surface area contributed by atoms with Crippen LogP contribution in [0.3, 0.4) is 0 Å². The zero-order valence-electron chi connectivity index (χ0n) is 43.0. The van der Waals surface area contributed by atoms with Crippen LogP contribution in [0.1, 0.15) is 81.5 Å². The van der Waals surface area contributed by atoms with E-state index in [-0.39, 0.29) is 82.0 Å². The monoisotopic (exact) mass is 899 g/mol. The molecule has 63 heavy (non-hydrogen) atoms. The Kier molecular flexibility index (Phi) is 8.15. The number of halogens is 5. The molecule has 10 rings (SSSR count). The van der Waals surface area contributed by atoms with Crippen molar-refractivity contribution in [1.29, 1.82) is 0 Å². The average Bonchev–Trinajstić information content (AvgIpc) is 4.11. The van der Waals surface area contributed by atoms with Crippen LogP contribution in [0.25, 0.3) is 21.8 Å². The molecular weight excluding hydrogens is 844 g/mol. The van der Waals surface area contributed by atoms with Crippen LogP contribution in [0.15, 0.2) is 35.3 Å². The number of anilines is 5. The summed E-state index contributed by atoms with van der Waals surface area (Å²) in [7, 11) is 2.80. The molecule has 3 saturated heterocycles. The highest BCUT2D eigenvalue weighted by atomic mass is 35.5. The highest BCUT2D eigenvalue weighted by Gasteiger charge is 2.51. The summed E-state index contributed by atoms with van der Waals surface area (Å²) in [4.78, 5) is 49.4. The number of aromatic nitrogens is 5. The average molecular weight is 900 g/mol. The van der Waals surface area contributed by atoms with Gasteiger partial charge in [0.1, 0.15) is 16.4 Å². The van der Waals surface area contributed by atoms with Crippen molar-refractivity contribution in [2.24, 2.45) is 25.9 Å². The number of carbonyl (C=O) groups is 2. The van der Waals surface area contributed by atoms with Crippen LogP contribution in [-0.2, 0) is 23.7 Å². The Labute approximate surface area is 377 Å². The lowest BCUT2D eigenvalue weighted by molar-refractivity contribution is -0.129. The van der Waals surface area contributed by atoms with E-state index >= 15 is 17.6 Å². The van der Waals surface area contributed by atoms with Crippen LogP contribution in [0.5, 0.6) is 5.75 Å². The van der Waals surface area contributed by atoms with E-state index in [4.69, 9.17) is 21.8 Å². The molecule has 0 unspecified atom stereocenters. The van der Waals surface area contributed by atoms with Crippen molar-refractivity contribution >= 4 is 74.2 Å². The van der Waals surface area contributed by atoms with Gasteiger partial charge in [-0.3, -0.25) is 19.1 Å². The largest absolute Gasteiger partial charge is 0.480 e. The topological polar surface area (TPSA) is 143 Å². The highest BCUT2D eigenvalue weighted by Crippen LogP contribution is 2.46. The van der Waals surface area contributed by atoms with E-state index < -0.39 is 121 Å². The third-order valence-corrected chi connectivity index (χ3v) is 12.7. The molecule has 5 aromatic rings. The second-order valence-electron chi connectivity index (χ2n) is 16.5. The number of hydrogen-bond acceptors (Lipinski definition) is 11. The molecule has 0 radical (unpaired) electrons. The maximum absolute atomic E-state index is 16.4. The second-order valence-corrected chi connectivity index (χ2v) is 17.0. The first-order chi connectivity index (χ1) is 33.6. The number of alkyl halides is 2. The first kappa shape index (κ1) is 32.2. The SMILES string of the molecule is [2H]C1([2H])N(c2ncc(Cl)c(Nc3cc4c5c(c(=O)n(C)c4cc3F)OCC(F)(F)[C@H](C3CC3)N5)n2)C([2H])([2H])C([2H])([2H])C([2H])(CN2CCC(c3ccc4c(N5C(=O)CCCC5=O)nn(C)c4c3F)CC2)C1([2H])[2H]. The van der Waals surface area contributed by atoms with Gasteiger partial charge in [-0.1, -0.05) is 17.7 Å². The van der Waals surface area contributed by atoms with Gasteiger partial charge in [0, 0.05) is 75.7 Å². The third-order valence-electron chi connectivity index (χ3n) is 12.4. The Balaban J connectivity index is 0.915. The Morgan fingerprint density at radius 3 is 2.48 bits per heavy atom. The maximum atomic E-state index is 16.4. The van der Waals surface area contributed by atoms with Crippen molar-refractivity contribution in [2.45, 2.75) is 75.6 Å². The molecule has 3 aromatic heterocycles. The normalized spacial score (nSPS) is 27.2. The maximum Gasteiger partial charge on any atom is 0.301 e. The number of pyridine rings is 1. The summed E-state index contributed by atoms with van der Waals surface area (Å²) in [5, 5.41) is 9.73. The van der Waals surface area contributed by atoms with Crippen molar-refractivity contribution in [3.8, 4) is 5.75 Å². The minimum Gasteiger partial charge on any atom is -0.480 e. The molecule has 14 nitrogen and oxygen atoms in total. The fourth-order valence-electron chi connectivity index (χ4n) is 8.90. The van der Waals surface area contributed by atoms with Crippen LogP contribution >= 0.6 is 11.6 Å².